The number of aromatic nitrogens is 2. The molecule has 1 heterocycles. The third-order valence-electron chi connectivity index (χ3n) is 3.30. The number of nitrogens with zero attached hydrogens (tertiary/aromatic N) is 1. The van der Waals surface area contributed by atoms with Crippen molar-refractivity contribution in [1.29, 1.82) is 0 Å². The quantitative estimate of drug-likeness (QED) is 0.545. The third-order valence-corrected chi connectivity index (χ3v) is 4.84. The lowest BCUT2D eigenvalue weighted by molar-refractivity contribution is 0.412. The van der Waals surface area contributed by atoms with Crippen molar-refractivity contribution >= 4 is 55.1 Å². The van der Waals surface area contributed by atoms with Gasteiger partial charge < -0.3 is 9.72 Å². The number of hydrogen-bond donors (Lipinski definition) is 1. The van der Waals surface area contributed by atoms with Crippen LogP contribution in [0.25, 0.3) is 16.7 Å². The highest BCUT2D eigenvalue weighted by Gasteiger charge is 2.13. The van der Waals surface area contributed by atoms with E-state index in [1.54, 1.807) is 7.11 Å². The zero-order valence-electron chi connectivity index (χ0n) is 11.4. The first-order valence-electron chi connectivity index (χ1n) is 6.26. The summed E-state index contributed by atoms with van der Waals surface area (Å²) in [6.45, 7) is 2.06. The molecule has 0 radical (unpaired) electrons. The molecule has 3 nitrogen and oxygen atoms in total. The number of ether oxygens (including phenoxy) is 1. The number of aromatic amines is 1. The number of benzene rings is 2. The Labute approximate surface area is 144 Å². The van der Waals surface area contributed by atoms with Crippen molar-refractivity contribution in [2.45, 2.75) is 6.92 Å². The summed E-state index contributed by atoms with van der Waals surface area (Å²) < 4.78 is 9.87. The second-order valence-corrected chi connectivity index (χ2v) is 6.82. The van der Waals surface area contributed by atoms with Gasteiger partial charge in [-0.05, 0) is 74.8 Å². The molecule has 0 bridgehead atoms. The maximum Gasteiger partial charge on any atom is 0.182 e. The Hall–Kier alpha value is -1.11. The second kappa shape index (κ2) is 5.59. The molecule has 1 aromatic heterocycles. The zero-order chi connectivity index (χ0) is 15.1. The smallest absolute Gasteiger partial charge is 0.182 e. The Kier molecular flexibility index (Phi) is 3.94. The highest BCUT2D eigenvalue weighted by Crippen LogP contribution is 2.35. The van der Waals surface area contributed by atoms with Crippen LogP contribution in [0.15, 0.2) is 39.3 Å². The van der Waals surface area contributed by atoms with Crippen LogP contribution in [0.5, 0.6) is 5.75 Å². The van der Waals surface area contributed by atoms with Crippen LogP contribution in [0.4, 0.5) is 0 Å². The van der Waals surface area contributed by atoms with Gasteiger partial charge in [-0.25, -0.2) is 0 Å². The summed E-state index contributed by atoms with van der Waals surface area (Å²) in [5, 5.41) is 0. The van der Waals surface area contributed by atoms with Crippen LogP contribution in [0.1, 0.15) is 5.56 Å². The van der Waals surface area contributed by atoms with Crippen molar-refractivity contribution in [2.75, 3.05) is 7.11 Å². The number of imidazole rings is 1. The average Bonchev–Trinajstić information content (AvgIpc) is 2.74. The van der Waals surface area contributed by atoms with Gasteiger partial charge in [0.1, 0.15) is 5.75 Å². The van der Waals surface area contributed by atoms with E-state index in [1.165, 1.54) is 5.56 Å². The van der Waals surface area contributed by atoms with E-state index in [0.29, 0.717) is 4.77 Å². The molecule has 0 aliphatic heterocycles. The maximum absolute atomic E-state index is 5.48. The predicted molar refractivity (Wildman–Crippen MR) is 95.1 cm³/mol. The number of aryl methyl sites for hydroxylation is 1. The van der Waals surface area contributed by atoms with Gasteiger partial charge in [0.2, 0.25) is 0 Å². The molecule has 1 N–H and O–H groups in total. The first kappa shape index (κ1) is 14.8. The SMILES string of the molecule is COc1cc(-n2c(=S)[nH]c3cc(C)ccc32)c(Br)cc1Br. The molecular formula is C15H12Br2N2OS. The Morgan fingerprint density at radius 1 is 1.14 bits per heavy atom. The Morgan fingerprint density at radius 3 is 2.62 bits per heavy atom. The van der Waals surface area contributed by atoms with Crippen molar-refractivity contribution in [2.24, 2.45) is 0 Å². The van der Waals surface area contributed by atoms with Gasteiger partial charge in [0.05, 0.1) is 28.3 Å². The minimum atomic E-state index is 0.653. The van der Waals surface area contributed by atoms with E-state index in [0.717, 1.165) is 31.4 Å². The highest BCUT2D eigenvalue weighted by molar-refractivity contribution is 9.11. The number of H-pyrrole nitrogens is 1. The van der Waals surface area contributed by atoms with Gasteiger partial charge >= 0.3 is 0 Å². The molecule has 0 saturated heterocycles. The van der Waals surface area contributed by atoms with Crippen LogP contribution >= 0.6 is 44.1 Å². The minimum Gasteiger partial charge on any atom is -0.495 e. The number of halogens is 2. The van der Waals surface area contributed by atoms with Crippen LogP contribution in [-0.4, -0.2) is 16.7 Å². The van der Waals surface area contributed by atoms with E-state index < -0.39 is 0 Å². The molecule has 3 aromatic rings. The van der Waals surface area contributed by atoms with E-state index in [1.807, 2.05) is 16.7 Å². The molecular weight excluding hydrogens is 416 g/mol. The summed E-state index contributed by atoms with van der Waals surface area (Å²) in [5.41, 5.74) is 4.19. The Morgan fingerprint density at radius 2 is 1.90 bits per heavy atom. The molecule has 21 heavy (non-hydrogen) atoms. The van der Waals surface area contributed by atoms with Gasteiger partial charge in [0, 0.05) is 10.5 Å². The molecule has 0 fully saturated rings. The third kappa shape index (κ3) is 2.56. The second-order valence-electron chi connectivity index (χ2n) is 4.72. The Balaban J connectivity index is 2.35. The van der Waals surface area contributed by atoms with Gasteiger partial charge in [0.25, 0.3) is 0 Å². The van der Waals surface area contributed by atoms with E-state index in [2.05, 4.69) is 62.0 Å². The van der Waals surface area contributed by atoms with Crippen molar-refractivity contribution in [3.05, 3.63) is 49.6 Å². The monoisotopic (exact) mass is 426 g/mol. The van der Waals surface area contributed by atoms with Crippen molar-refractivity contribution in [1.82, 2.24) is 9.55 Å². The van der Waals surface area contributed by atoms with Crippen LogP contribution < -0.4 is 4.74 Å². The topological polar surface area (TPSA) is 29.9 Å². The standard InChI is InChI=1S/C15H12Br2N2OS/c1-8-3-4-12-11(5-8)18-15(21)19(12)13-7-14(20-2)10(17)6-9(13)16/h3-7H,1-2H3,(H,18,21). The maximum atomic E-state index is 5.48. The summed E-state index contributed by atoms with van der Waals surface area (Å²) in [7, 11) is 1.65. The van der Waals surface area contributed by atoms with Crippen LogP contribution in [0.2, 0.25) is 0 Å². The highest BCUT2D eigenvalue weighted by atomic mass is 79.9. The lowest BCUT2D eigenvalue weighted by Crippen LogP contribution is -1.97. The van der Waals surface area contributed by atoms with Crippen molar-refractivity contribution in [3.63, 3.8) is 0 Å². The lowest BCUT2D eigenvalue weighted by Gasteiger charge is -2.11. The molecule has 0 amide bonds. The molecule has 6 heteroatoms. The van der Waals surface area contributed by atoms with Gasteiger partial charge in [-0.2, -0.15) is 0 Å². The number of methoxy groups -OCH3 is 1. The lowest BCUT2D eigenvalue weighted by atomic mass is 10.2. The molecule has 0 unspecified atom stereocenters. The van der Waals surface area contributed by atoms with Crippen LogP contribution in [-0.2, 0) is 0 Å². The molecule has 2 aromatic carbocycles. The van der Waals surface area contributed by atoms with E-state index >= 15 is 0 Å². The summed E-state index contributed by atoms with van der Waals surface area (Å²) in [5.74, 6) is 0.761. The molecule has 0 spiro atoms. The zero-order valence-corrected chi connectivity index (χ0v) is 15.4. The molecule has 0 aliphatic rings. The normalized spacial score (nSPS) is 11.0. The summed E-state index contributed by atoms with van der Waals surface area (Å²) in [6.07, 6.45) is 0. The molecule has 3 rings (SSSR count). The first-order valence-corrected chi connectivity index (χ1v) is 8.25. The van der Waals surface area contributed by atoms with E-state index in [-0.39, 0.29) is 0 Å². The van der Waals surface area contributed by atoms with Crippen molar-refractivity contribution < 1.29 is 4.74 Å². The molecule has 0 aliphatic carbocycles. The number of fused-ring (bicyclic) bond motifs is 1. The van der Waals surface area contributed by atoms with Crippen LogP contribution in [0, 0.1) is 11.7 Å². The minimum absolute atomic E-state index is 0.653. The summed E-state index contributed by atoms with van der Waals surface area (Å²) in [4.78, 5) is 3.25. The van der Waals surface area contributed by atoms with Gasteiger partial charge in [-0.3, -0.25) is 4.57 Å². The predicted octanol–water partition coefficient (Wildman–Crippen LogP) is 5.53. The fraction of sp³-hybridized carbons (Fsp3) is 0.133. The van der Waals surface area contributed by atoms with Gasteiger partial charge in [-0.15, -0.1) is 0 Å². The van der Waals surface area contributed by atoms with E-state index in [4.69, 9.17) is 17.0 Å². The number of hydrogen-bond acceptors (Lipinski definition) is 2. The molecule has 108 valence electrons. The largest absolute Gasteiger partial charge is 0.495 e. The summed E-state index contributed by atoms with van der Waals surface area (Å²) >= 11 is 12.6. The van der Waals surface area contributed by atoms with Crippen LogP contribution in [0.3, 0.4) is 0 Å². The van der Waals surface area contributed by atoms with Gasteiger partial charge in [-0.1, -0.05) is 6.07 Å². The average molecular weight is 428 g/mol. The first-order chi connectivity index (χ1) is 10.0. The van der Waals surface area contributed by atoms with Crippen molar-refractivity contribution in [3.8, 4) is 11.4 Å². The Bertz CT molecular complexity index is 899. The molecule has 0 saturated carbocycles. The fourth-order valence-electron chi connectivity index (χ4n) is 2.31. The fourth-order valence-corrected chi connectivity index (χ4v) is 3.95. The number of rotatable bonds is 2. The van der Waals surface area contributed by atoms with E-state index in [9.17, 15) is 0 Å². The van der Waals surface area contributed by atoms with Gasteiger partial charge in [0.15, 0.2) is 4.77 Å². The number of nitrogens with one attached hydrogen (secondary N) is 1. The summed E-state index contributed by atoms with van der Waals surface area (Å²) in [6, 6.07) is 10.1. The molecule has 0 atom stereocenters.